The van der Waals surface area contributed by atoms with E-state index in [4.69, 9.17) is 10.7 Å². The molecule has 2 N–H and O–H groups in total. The molecular formula is C16H21N3. The van der Waals surface area contributed by atoms with Gasteiger partial charge in [-0.15, -0.1) is 0 Å². The summed E-state index contributed by atoms with van der Waals surface area (Å²) < 4.78 is 2.27. The maximum atomic E-state index is 6.33. The lowest BCUT2D eigenvalue weighted by Gasteiger charge is -2.10. The molecule has 0 atom stereocenters. The fourth-order valence-electron chi connectivity index (χ4n) is 2.55. The van der Waals surface area contributed by atoms with Crippen LogP contribution in [-0.4, -0.2) is 9.55 Å². The van der Waals surface area contributed by atoms with Crippen molar-refractivity contribution in [3.63, 3.8) is 0 Å². The van der Waals surface area contributed by atoms with Crippen molar-refractivity contribution in [1.82, 2.24) is 9.55 Å². The number of anilines is 1. The monoisotopic (exact) mass is 255 g/mol. The molecule has 0 unspecified atom stereocenters. The number of imidazole rings is 1. The Balaban J connectivity index is 1.96. The van der Waals surface area contributed by atoms with E-state index in [-0.39, 0.29) is 0 Å². The molecule has 0 saturated heterocycles. The van der Waals surface area contributed by atoms with Crippen LogP contribution in [0.5, 0.6) is 0 Å². The number of benzene rings is 1. The van der Waals surface area contributed by atoms with Gasteiger partial charge in [0.2, 0.25) is 0 Å². The average molecular weight is 255 g/mol. The van der Waals surface area contributed by atoms with Crippen molar-refractivity contribution in [2.45, 2.75) is 45.1 Å². The number of rotatable bonds is 4. The lowest BCUT2D eigenvalue weighted by Crippen LogP contribution is -2.06. The maximum Gasteiger partial charge on any atom is 0.127 e. The van der Waals surface area contributed by atoms with Gasteiger partial charge in [-0.2, -0.15) is 0 Å². The third-order valence-electron chi connectivity index (χ3n) is 3.69. The minimum Gasteiger partial charge on any atom is -0.384 e. The number of nitrogen functional groups attached to an aromatic ring is 1. The van der Waals surface area contributed by atoms with E-state index in [0.717, 1.165) is 23.8 Å². The Morgan fingerprint density at radius 2 is 1.95 bits per heavy atom. The second-order valence-corrected chi connectivity index (χ2v) is 5.72. The number of hydrogen-bond acceptors (Lipinski definition) is 2. The first-order chi connectivity index (χ1) is 9.16. The zero-order valence-electron chi connectivity index (χ0n) is 11.6. The van der Waals surface area contributed by atoms with Gasteiger partial charge < -0.3 is 10.3 Å². The molecule has 0 radical (unpaired) electrons. The van der Waals surface area contributed by atoms with Crippen LogP contribution in [0.2, 0.25) is 0 Å². The zero-order chi connectivity index (χ0) is 13.4. The SMILES string of the molecule is CC(C)c1nc(Cc2ccccc2)c(N)n1C1CC1. The summed E-state index contributed by atoms with van der Waals surface area (Å²) in [6, 6.07) is 11.0. The van der Waals surface area contributed by atoms with Crippen LogP contribution in [0, 0.1) is 0 Å². The van der Waals surface area contributed by atoms with Crippen LogP contribution in [0.1, 0.15) is 55.7 Å². The Kier molecular flexibility index (Phi) is 3.05. The van der Waals surface area contributed by atoms with Crippen LogP contribution in [0.25, 0.3) is 0 Å². The lowest BCUT2D eigenvalue weighted by atomic mass is 10.1. The van der Waals surface area contributed by atoms with E-state index in [1.165, 1.54) is 18.4 Å². The zero-order valence-corrected chi connectivity index (χ0v) is 11.6. The Bertz CT molecular complexity index is 565. The van der Waals surface area contributed by atoms with Crippen molar-refractivity contribution in [2.24, 2.45) is 0 Å². The maximum absolute atomic E-state index is 6.33. The van der Waals surface area contributed by atoms with Crippen molar-refractivity contribution in [1.29, 1.82) is 0 Å². The summed E-state index contributed by atoms with van der Waals surface area (Å²) in [5, 5.41) is 0. The van der Waals surface area contributed by atoms with Gasteiger partial charge in [-0.05, 0) is 18.4 Å². The predicted octanol–water partition coefficient (Wildman–Crippen LogP) is 3.51. The molecule has 2 aromatic rings. The van der Waals surface area contributed by atoms with E-state index in [1.54, 1.807) is 0 Å². The number of nitrogens with zero attached hydrogens (tertiary/aromatic N) is 2. The molecule has 1 aliphatic carbocycles. The Labute approximate surface area is 114 Å². The topological polar surface area (TPSA) is 43.8 Å². The minimum absolute atomic E-state index is 0.424. The van der Waals surface area contributed by atoms with Crippen molar-refractivity contribution in [3.8, 4) is 0 Å². The van der Waals surface area contributed by atoms with E-state index in [9.17, 15) is 0 Å². The molecule has 1 aromatic carbocycles. The molecule has 1 heterocycles. The Morgan fingerprint density at radius 1 is 1.26 bits per heavy atom. The average Bonchev–Trinajstić information content (AvgIpc) is 3.17. The van der Waals surface area contributed by atoms with Crippen LogP contribution in [0.4, 0.5) is 5.82 Å². The van der Waals surface area contributed by atoms with Gasteiger partial charge in [-0.25, -0.2) is 4.98 Å². The van der Waals surface area contributed by atoms with Gasteiger partial charge in [0, 0.05) is 18.4 Å². The molecule has 0 amide bonds. The van der Waals surface area contributed by atoms with Gasteiger partial charge in [-0.3, -0.25) is 0 Å². The molecule has 0 bridgehead atoms. The van der Waals surface area contributed by atoms with E-state index in [1.807, 2.05) is 6.07 Å². The Hall–Kier alpha value is -1.77. The van der Waals surface area contributed by atoms with Crippen LogP contribution in [-0.2, 0) is 6.42 Å². The van der Waals surface area contributed by atoms with E-state index >= 15 is 0 Å². The van der Waals surface area contributed by atoms with Gasteiger partial charge in [0.05, 0.1) is 5.69 Å². The standard InChI is InChI=1S/C16H21N3/c1-11(2)16-18-14(10-12-6-4-3-5-7-12)15(17)19(16)13-8-9-13/h3-7,11,13H,8-10,17H2,1-2H3. The molecule has 0 aliphatic heterocycles. The molecule has 19 heavy (non-hydrogen) atoms. The van der Waals surface area contributed by atoms with Crippen LogP contribution in [0.15, 0.2) is 30.3 Å². The third-order valence-corrected chi connectivity index (χ3v) is 3.69. The molecule has 1 fully saturated rings. The predicted molar refractivity (Wildman–Crippen MR) is 78.2 cm³/mol. The van der Waals surface area contributed by atoms with Crippen LogP contribution >= 0.6 is 0 Å². The van der Waals surface area contributed by atoms with Gasteiger partial charge in [0.1, 0.15) is 11.6 Å². The second-order valence-electron chi connectivity index (χ2n) is 5.72. The molecule has 100 valence electrons. The second kappa shape index (κ2) is 4.72. The minimum atomic E-state index is 0.424. The molecule has 3 nitrogen and oxygen atoms in total. The van der Waals surface area contributed by atoms with E-state index in [0.29, 0.717) is 12.0 Å². The number of aromatic nitrogens is 2. The highest BCUT2D eigenvalue weighted by Crippen LogP contribution is 2.40. The van der Waals surface area contributed by atoms with Crippen molar-refractivity contribution < 1.29 is 0 Å². The summed E-state index contributed by atoms with van der Waals surface area (Å²) in [5.74, 6) is 2.44. The van der Waals surface area contributed by atoms with E-state index < -0.39 is 0 Å². The summed E-state index contributed by atoms with van der Waals surface area (Å²) in [6.45, 7) is 4.37. The summed E-state index contributed by atoms with van der Waals surface area (Å²) in [4.78, 5) is 4.80. The van der Waals surface area contributed by atoms with Gasteiger partial charge in [-0.1, -0.05) is 44.2 Å². The number of nitrogens with two attached hydrogens (primary N) is 1. The normalized spacial score (nSPS) is 15.1. The fraction of sp³-hybridized carbons (Fsp3) is 0.438. The Morgan fingerprint density at radius 3 is 2.53 bits per heavy atom. The molecule has 3 rings (SSSR count). The largest absolute Gasteiger partial charge is 0.384 e. The molecular weight excluding hydrogens is 234 g/mol. The van der Waals surface area contributed by atoms with Gasteiger partial charge in [0.25, 0.3) is 0 Å². The van der Waals surface area contributed by atoms with Crippen molar-refractivity contribution in [3.05, 3.63) is 47.4 Å². The fourth-order valence-corrected chi connectivity index (χ4v) is 2.55. The summed E-state index contributed by atoms with van der Waals surface area (Å²) in [6.07, 6.45) is 3.31. The summed E-state index contributed by atoms with van der Waals surface area (Å²) in [7, 11) is 0. The molecule has 1 aliphatic rings. The van der Waals surface area contributed by atoms with Gasteiger partial charge in [0.15, 0.2) is 0 Å². The van der Waals surface area contributed by atoms with Gasteiger partial charge >= 0.3 is 0 Å². The van der Waals surface area contributed by atoms with Crippen LogP contribution < -0.4 is 5.73 Å². The highest BCUT2D eigenvalue weighted by atomic mass is 15.2. The lowest BCUT2D eigenvalue weighted by molar-refractivity contribution is 0.646. The third kappa shape index (κ3) is 2.37. The number of hydrogen-bond donors (Lipinski definition) is 1. The first-order valence-electron chi connectivity index (χ1n) is 7.07. The van der Waals surface area contributed by atoms with Crippen molar-refractivity contribution in [2.75, 3.05) is 5.73 Å². The highest BCUT2D eigenvalue weighted by molar-refractivity contribution is 5.43. The first-order valence-corrected chi connectivity index (χ1v) is 7.07. The quantitative estimate of drug-likeness (QED) is 0.908. The molecule has 0 spiro atoms. The summed E-state index contributed by atoms with van der Waals surface area (Å²) in [5.41, 5.74) is 8.63. The molecule has 1 saturated carbocycles. The summed E-state index contributed by atoms with van der Waals surface area (Å²) >= 11 is 0. The molecule has 1 aromatic heterocycles. The molecule has 3 heteroatoms. The first kappa shape index (κ1) is 12.3. The highest BCUT2D eigenvalue weighted by Gasteiger charge is 2.30. The smallest absolute Gasteiger partial charge is 0.127 e. The van der Waals surface area contributed by atoms with Crippen molar-refractivity contribution >= 4 is 5.82 Å². The van der Waals surface area contributed by atoms with E-state index in [2.05, 4.69) is 42.7 Å². The van der Waals surface area contributed by atoms with Crippen LogP contribution in [0.3, 0.4) is 0 Å².